The van der Waals surface area contributed by atoms with E-state index in [1.54, 1.807) is 17.5 Å². The number of fused-ring (bicyclic) bond motifs is 1. The van der Waals surface area contributed by atoms with E-state index in [0.717, 1.165) is 27.9 Å². The highest BCUT2D eigenvalue weighted by Gasteiger charge is 2.16. The van der Waals surface area contributed by atoms with Crippen molar-refractivity contribution >= 4 is 51.7 Å². The number of benzene rings is 2. The number of hydrogen-bond acceptors (Lipinski definition) is 8. The minimum absolute atomic E-state index is 0.180. The molecule has 0 unspecified atom stereocenters. The number of ether oxygens (including phenoxy) is 1. The van der Waals surface area contributed by atoms with Gasteiger partial charge in [0.05, 0.1) is 17.4 Å². The summed E-state index contributed by atoms with van der Waals surface area (Å²) in [6, 6.07) is 13.2. The average molecular weight is 410 g/mol. The van der Waals surface area contributed by atoms with Gasteiger partial charge in [0.2, 0.25) is 0 Å². The molecule has 0 spiro atoms. The fourth-order valence-electron chi connectivity index (χ4n) is 2.49. The molecular weight excluding hydrogens is 396 g/mol. The number of nitrogens with zero attached hydrogens (tertiary/aromatic N) is 3. The molecule has 0 atom stereocenters. The summed E-state index contributed by atoms with van der Waals surface area (Å²) in [6.45, 7) is 1.59. The van der Waals surface area contributed by atoms with E-state index in [4.69, 9.17) is 4.74 Å². The maximum atomic E-state index is 12.2. The van der Waals surface area contributed by atoms with Crippen LogP contribution in [0.4, 0.5) is 5.69 Å². The summed E-state index contributed by atoms with van der Waals surface area (Å²) >= 11 is 2.42. The Bertz CT molecular complexity index is 1150. The van der Waals surface area contributed by atoms with E-state index in [-0.39, 0.29) is 5.69 Å². The molecule has 0 saturated heterocycles. The molecule has 0 aliphatic rings. The van der Waals surface area contributed by atoms with Crippen molar-refractivity contribution < 1.29 is 14.3 Å². The van der Waals surface area contributed by atoms with E-state index in [0.29, 0.717) is 16.7 Å². The molecule has 0 bridgehead atoms. The molecule has 0 saturated carbocycles. The summed E-state index contributed by atoms with van der Waals surface area (Å²) in [7, 11) is 0. The summed E-state index contributed by atoms with van der Waals surface area (Å²) in [5, 5.41) is 5.03. The molecule has 7 nitrogen and oxygen atoms in total. The molecule has 0 fully saturated rings. The van der Waals surface area contributed by atoms with Crippen LogP contribution >= 0.6 is 23.1 Å². The first-order valence-electron chi connectivity index (χ1n) is 8.31. The van der Waals surface area contributed by atoms with Crippen molar-refractivity contribution in [3.05, 3.63) is 59.1 Å². The van der Waals surface area contributed by atoms with E-state index in [1.165, 1.54) is 11.3 Å². The van der Waals surface area contributed by atoms with Gasteiger partial charge in [0.1, 0.15) is 16.0 Å². The number of aromatic nitrogens is 3. The van der Waals surface area contributed by atoms with Crippen molar-refractivity contribution in [3.63, 3.8) is 0 Å². The van der Waals surface area contributed by atoms with E-state index in [1.807, 2.05) is 37.3 Å². The highest BCUT2D eigenvalue weighted by Crippen LogP contribution is 2.24. The topological polar surface area (TPSA) is 94.1 Å². The van der Waals surface area contributed by atoms with Crippen molar-refractivity contribution in [3.8, 4) is 10.6 Å². The fraction of sp³-hybridized carbons (Fsp3) is 0.105. The second-order valence-corrected chi connectivity index (χ2v) is 7.35. The summed E-state index contributed by atoms with van der Waals surface area (Å²) in [5.41, 5.74) is 4.09. The van der Waals surface area contributed by atoms with Crippen LogP contribution in [0.15, 0.2) is 47.8 Å². The van der Waals surface area contributed by atoms with E-state index in [2.05, 4.69) is 19.0 Å². The van der Waals surface area contributed by atoms with Crippen molar-refractivity contribution in [2.24, 2.45) is 0 Å². The number of carbonyl (C=O) groups excluding carboxylic acids is 2. The lowest BCUT2D eigenvalue weighted by Gasteiger charge is -2.06. The molecule has 1 amide bonds. The number of thiazole rings is 1. The van der Waals surface area contributed by atoms with Crippen LogP contribution in [0, 0.1) is 6.92 Å². The van der Waals surface area contributed by atoms with Gasteiger partial charge in [0.15, 0.2) is 12.3 Å². The largest absolute Gasteiger partial charge is 0.451 e. The van der Waals surface area contributed by atoms with Crippen LogP contribution in [-0.4, -0.2) is 32.2 Å². The summed E-state index contributed by atoms with van der Waals surface area (Å²) in [4.78, 5) is 28.6. The third-order valence-electron chi connectivity index (χ3n) is 3.91. The van der Waals surface area contributed by atoms with Crippen LogP contribution < -0.4 is 5.32 Å². The Labute approximate surface area is 168 Å². The first-order valence-corrected chi connectivity index (χ1v) is 9.92. The number of hydrogen-bond donors (Lipinski definition) is 1. The monoisotopic (exact) mass is 410 g/mol. The van der Waals surface area contributed by atoms with E-state index < -0.39 is 18.5 Å². The van der Waals surface area contributed by atoms with Crippen LogP contribution in [0.3, 0.4) is 0 Å². The molecule has 2 aromatic heterocycles. The summed E-state index contributed by atoms with van der Waals surface area (Å²) in [6.07, 6.45) is 0. The number of esters is 1. The third-order valence-corrected chi connectivity index (χ3v) is 5.34. The van der Waals surface area contributed by atoms with E-state index in [9.17, 15) is 9.59 Å². The van der Waals surface area contributed by atoms with Gasteiger partial charge in [-0.25, -0.2) is 9.78 Å². The second-order valence-electron chi connectivity index (χ2n) is 5.97. The zero-order valence-electron chi connectivity index (χ0n) is 14.7. The molecule has 28 heavy (non-hydrogen) atoms. The Morgan fingerprint density at radius 3 is 2.75 bits per heavy atom. The molecule has 4 rings (SSSR count). The molecule has 1 N–H and O–H groups in total. The normalized spacial score (nSPS) is 10.8. The quantitative estimate of drug-likeness (QED) is 0.501. The Morgan fingerprint density at radius 1 is 1.11 bits per heavy atom. The second kappa shape index (κ2) is 7.83. The number of rotatable bonds is 5. The van der Waals surface area contributed by atoms with Crippen molar-refractivity contribution in [1.29, 1.82) is 0 Å². The highest BCUT2D eigenvalue weighted by atomic mass is 32.1. The van der Waals surface area contributed by atoms with Crippen LogP contribution in [0.1, 0.15) is 16.1 Å². The molecule has 4 aromatic rings. The maximum absolute atomic E-state index is 12.2. The van der Waals surface area contributed by atoms with Crippen LogP contribution in [-0.2, 0) is 9.53 Å². The van der Waals surface area contributed by atoms with Gasteiger partial charge >= 0.3 is 5.97 Å². The first kappa shape index (κ1) is 18.2. The molecule has 0 aliphatic carbocycles. The summed E-state index contributed by atoms with van der Waals surface area (Å²) in [5.74, 6) is -1.10. The maximum Gasteiger partial charge on any atom is 0.358 e. The molecule has 9 heteroatoms. The van der Waals surface area contributed by atoms with Crippen LogP contribution in [0.5, 0.6) is 0 Å². The van der Waals surface area contributed by atoms with Crippen LogP contribution in [0.25, 0.3) is 21.6 Å². The molecule has 2 heterocycles. The Kier molecular flexibility index (Phi) is 5.09. The van der Waals surface area contributed by atoms with Gasteiger partial charge in [-0.3, -0.25) is 4.79 Å². The van der Waals surface area contributed by atoms with Gasteiger partial charge in [-0.2, -0.15) is 8.75 Å². The predicted molar refractivity (Wildman–Crippen MR) is 109 cm³/mol. The summed E-state index contributed by atoms with van der Waals surface area (Å²) < 4.78 is 13.4. The lowest BCUT2D eigenvalue weighted by atomic mass is 10.2. The Balaban J connectivity index is 1.37. The van der Waals surface area contributed by atoms with Crippen molar-refractivity contribution in [2.45, 2.75) is 6.92 Å². The van der Waals surface area contributed by atoms with Crippen LogP contribution in [0.2, 0.25) is 0 Å². The molecule has 2 aromatic carbocycles. The minimum atomic E-state index is -0.640. The molecule has 0 aliphatic heterocycles. The molecule has 0 radical (unpaired) electrons. The van der Waals surface area contributed by atoms with Gasteiger partial charge in [0, 0.05) is 10.9 Å². The number of nitrogens with one attached hydrogen (secondary N) is 1. The lowest BCUT2D eigenvalue weighted by Crippen LogP contribution is -2.21. The Morgan fingerprint density at radius 2 is 1.93 bits per heavy atom. The predicted octanol–water partition coefficient (Wildman–Crippen LogP) is 3.92. The number of amides is 1. The van der Waals surface area contributed by atoms with Gasteiger partial charge in [-0.1, -0.05) is 35.9 Å². The number of aryl methyl sites for hydroxylation is 1. The van der Waals surface area contributed by atoms with Gasteiger partial charge < -0.3 is 10.1 Å². The van der Waals surface area contributed by atoms with Gasteiger partial charge in [-0.05, 0) is 19.1 Å². The smallest absolute Gasteiger partial charge is 0.358 e. The zero-order valence-corrected chi connectivity index (χ0v) is 16.3. The van der Waals surface area contributed by atoms with E-state index >= 15 is 0 Å². The minimum Gasteiger partial charge on any atom is -0.451 e. The van der Waals surface area contributed by atoms with Crippen molar-refractivity contribution in [2.75, 3.05) is 11.9 Å². The SMILES string of the molecule is Cc1ccc(-c2nc(C(=O)OCC(=O)Nc3cccc4nsnc34)cs2)cc1. The van der Waals surface area contributed by atoms with Gasteiger partial charge in [-0.15, -0.1) is 11.3 Å². The first-order chi connectivity index (χ1) is 13.6. The molecular formula is C19H14N4O3S2. The highest BCUT2D eigenvalue weighted by molar-refractivity contribution is 7.13. The zero-order chi connectivity index (χ0) is 19.5. The average Bonchev–Trinajstić information content (AvgIpc) is 3.37. The molecule has 140 valence electrons. The van der Waals surface area contributed by atoms with Gasteiger partial charge in [0.25, 0.3) is 5.91 Å². The van der Waals surface area contributed by atoms with Crippen molar-refractivity contribution in [1.82, 2.24) is 13.7 Å². The lowest BCUT2D eigenvalue weighted by molar-refractivity contribution is -0.119. The standard InChI is InChI=1S/C19H14N4O3S2/c1-11-5-7-12(8-6-11)18-21-15(10-27-18)19(25)26-9-16(24)20-13-3-2-4-14-17(13)23-28-22-14/h2-8,10H,9H2,1H3,(H,20,24). The Hall–Kier alpha value is -3.17. The number of carbonyl (C=O) groups is 2. The number of anilines is 1. The third kappa shape index (κ3) is 3.90. The fourth-order valence-corrected chi connectivity index (χ4v) is 3.84.